The molecular formula is C28H23FN2O3. The number of carbonyl (C=O) groups excluding carboxylic acids is 1. The van der Waals surface area contributed by atoms with Crippen LogP contribution in [0.15, 0.2) is 97.1 Å². The maximum Gasteiger partial charge on any atom is 0.262 e. The topological polar surface area (TPSA) is 50.8 Å². The van der Waals surface area contributed by atoms with E-state index in [9.17, 15) is 9.18 Å². The summed E-state index contributed by atoms with van der Waals surface area (Å²) in [4.78, 5) is 15.3. The molecule has 1 aliphatic heterocycles. The van der Waals surface area contributed by atoms with Crippen molar-refractivity contribution in [3.63, 3.8) is 0 Å². The number of rotatable bonds is 6. The summed E-state index contributed by atoms with van der Waals surface area (Å²) in [6.07, 6.45) is -0.430. The van der Waals surface area contributed by atoms with Crippen LogP contribution in [0, 0.1) is 5.82 Å². The highest BCUT2D eigenvalue weighted by atomic mass is 19.1. The molecule has 1 atom stereocenters. The van der Waals surface area contributed by atoms with Crippen LogP contribution in [0.5, 0.6) is 11.5 Å². The molecule has 0 saturated carbocycles. The second-order valence-electron chi connectivity index (χ2n) is 7.92. The largest absolute Gasteiger partial charge is 0.496 e. The van der Waals surface area contributed by atoms with E-state index in [1.807, 2.05) is 72.8 Å². The summed E-state index contributed by atoms with van der Waals surface area (Å²) in [5, 5.41) is 3.52. The zero-order chi connectivity index (χ0) is 23.5. The van der Waals surface area contributed by atoms with Crippen LogP contribution in [0.25, 0.3) is 0 Å². The first-order chi connectivity index (χ1) is 16.6. The number of hydrogen-bond donors (Lipinski definition) is 1. The van der Waals surface area contributed by atoms with Gasteiger partial charge in [-0.3, -0.25) is 9.69 Å². The summed E-state index contributed by atoms with van der Waals surface area (Å²) in [6, 6.07) is 28.8. The fourth-order valence-electron chi connectivity index (χ4n) is 4.11. The summed E-state index contributed by atoms with van der Waals surface area (Å²) in [5.41, 5.74) is 3.88. The minimum atomic E-state index is -0.430. The number of ether oxygens (including phenoxy) is 2. The molecule has 0 spiro atoms. The number of methoxy groups -OCH3 is 1. The molecule has 1 N–H and O–H groups in total. The molecule has 0 aliphatic carbocycles. The van der Waals surface area contributed by atoms with E-state index in [1.165, 1.54) is 12.1 Å². The first kappa shape index (κ1) is 21.5. The van der Waals surface area contributed by atoms with Gasteiger partial charge in [-0.2, -0.15) is 0 Å². The van der Waals surface area contributed by atoms with Gasteiger partial charge >= 0.3 is 0 Å². The van der Waals surface area contributed by atoms with E-state index < -0.39 is 6.17 Å². The van der Waals surface area contributed by atoms with Crippen molar-refractivity contribution in [3.8, 4) is 11.5 Å². The Bertz CT molecular complexity index is 1310. The highest BCUT2D eigenvalue weighted by Gasteiger charge is 2.34. The molecule has 0 saturated heterocycles. The van der Waals surface area contributed by atoms with Crippen LogP contribution in [0.1, 0.15) is 27.7 Å². The fraction of sp³-hybridized carbons (Fsp3) is 0.107. The smallest absolute Gasteiger partial charge is 0.262 e. The van der Waals surface area contributed by atoms with Crippen molar-refractivity contribution in [1.29, 1.82) is 0 Å². The second kappa shape index (κ2) is 9.27. The Morgan fingerprint density at radius 2 is 1.65 bits per heavy atom. The number of nitrogens with one attached hydrogen (secondary N) is 1. The third-order valence-corrected chi connectivity index (χ3v) is 5.79. The van der Waals surface area contributed by atoms with Gasteiger partial charge in [0, 0.05) is 16.9 Å². The molecule has 0 fully saturated rings. The number of para-hydroxylation sites is 2. The molecule has 4 aromatic rings. The lowest BCUT2D eigenvalue weighted by Gasteiger charge is -2.38. The summed E-state index contributed by atoms with van der Waals surface area (Å²) in [5.74, 6) is 0.825. The van der Waals surface area contributed by atoms with Crippen molar-refractivity contribution in [2.75, 3.05) is 17.3 Å². The molecule has 0 aromatic heterocycles. The van der Waals surface area contributed by atoms with E-state index in [2.05, 4.69) is 5.32 Å². The summed E-state index contributed by atoms with van der Waals surface area (Å²) in [7, 11) is 1.60. The average molecular weight is 455 g/mol. The lowest BCUT2D eigenvalue weighted by atomic mass is 10.0. The van der Waals surface area contributed by atoms with Crippen molar-refractivity contribution in [1.82, 2.24) is 0 Å². The lowest BCUT2D eigenvalue weighted by Crippen LogP contribution is -2.43. The van der Waals surface area contributed by atoms with E-state index in [-0.39, 0.29) is 18.3 Å². The van der Waals surface area contributed by atoms with Crippen LogP contribution >= 0.6 is 0 Å². The molecule has 0 bridgehead atoms. The number of amides is 1. The fourth-order valence-corrected chi connectivity index (χ4v) is 4.11. The van der Waals surface area contributed by atoms with Gasteiger partial charge in [-0.15, -0.1) is 0 Å². The first-order valence-corrected chi connectivity index (χ1v) is 10.9. The van der Waals surface area contributed by atoms with Crippen LogP contribution in [-0.4, -0.2) is 13.0 Å². The number of anilines is 2. The zero-order valence-electron chi connectivity index (χ0n) is 18.6. The molecule has 4 aromatic carbocycles. The molecule has 6 heteroatoms. The van der Waals surface area contributed by atoms with E-state index in [4.69, 9.17) is 9.47 Å². The second-order valence-corrected chi connectivity index (χ2v) is 7.92. The van der Waals surface area contributed by atoms with Gasteiger partial charge in [0.05, 0.1) is 12.7 Å². The number of nitrogens with zero attached hydrogens (tertiary/aromatic N) is 1. The van der Waals surface area contributed by atoms with Crippen molar-refractivity contribution >= 4 is 17.3 Å². The van der Waals surface area contributed by atoms with Gasteiger partial charge in [0.2, 0.25) is 0 Å². The van der Waals surface area contributed by atoms with Gasteiger partial charge in [-0.1, -0.05) is 36.4 Å². The van der Waals surface area contributed by atoms with E-state index in [0.29, 0.717) is 17.1 Å². The standard InChI is InChI=1S/C28H23FN2O3/c1-33-26-16-11-19(17-20(26)18-34-23-14-12-21(29)13-15-23)27-30-25-10-6-5-9-24(25)28(32)31(27)22-7-3-2-4-8-22/h2-17,27,30H,18H2,1H3. The molecule has 0 radical (unpaired) electrons. The lowest BCUT2D eigenvalue weighted by molar-refractivity contribution is 0.0975. The van der Waals surface area contributed by atoms with Crippen LogP contribution in [-0.2, 0) is 6.61 Å². The Labute approximate surface area is 197 Å². The quantitative estimate of drug-likeness (QED) is 0.378. The number of halogens is 1. The molecule has 1 unspecified atom stereocenters. The Morgan fingerprint density at radius 1 is 0.912 bits per heavy atom. The Kier molecular flexibility index (Phi) is 5.87. The Hall–Kier alpha value is -4.32. The number of fused-ring (bicyclic) bond motifs is 1. The maximum atomic E-state index is 13.6. The first-order valence-electron chi connectivity index (χ1n) is 10.9. The third kappa shape index (κ3) is 4.18. The van der Waals surface area contributed by atoms with Crippen molar-refractivity contribution in [3.05, 3.63) is 120 Å². The van der Waals surface area contributed by atoms with Gasteiger partial charge in [-0.25, -0.2) is 4.39 Å². The third-order valence-electron chi connectivity index (χ3n) is 5.79. The van der Waals surface area contributed by atoms with Gasteiger partial charge in [0.1, 0.15) is 30.1 Å². The van der Waals surface area contributed by atoms with E-state index >= 15 is 0 Å². The highest BCUT2D eigenvalue weighted by Crippen LogP contribution is 2.37. The molecule has 5 nitrogen and oxygen atoms in total. The maximum absolute atomic E-state index is 13.6. The van der Waals surface area contributed by atoms with Crippen molar-refractivity contribution in [2.45, 2.75) is 12.8 Å². The van der Waals surface area contributed by atoms with Gasteiger partial charge in [0.25, 0.3) is 5.91 Å². The summed E-state index contributed by atoms with van der Waals surface area (Å²) >= 11 is 0. The van der Waals surface area contributed by atoms with E-state index in [1.54, 1.807) is 24.1 Å². The number of carbonyl (C=O) groups is 1. The monoisotopic (exact) mass is 454 g/mol. The predicted octanol–water partition coefficient (Wildman–Crippen LogP) is 6.18. The van der Waals surface area contributed by atoms with Crippen LogP contribution in [0.3, 0.4) is 0 Å². The van der Waals surface area contributed by atoms with Crippen LogP contribution in [0.4, 0.5) is 15.8 Å². The molecule has 1 heterocycles. The molecule has 5 rings (SSSR count). The highest BCUT2D eigenvalue weighted by molar-refractivity contribution is 6.12. The molecule has 1 aliphatic rings. The number of hydrogen-bond acceptors (Lipinski definition) is 4. The van der Waals surface area contributed by atoms with Crippen molar-refractivity contribution < 1.29 is 18.7 Å². The SMILES string of the molecule is COc1ccc(C2Nc3ccccc3C(=O)N2c2ccccc2)cc1COc1ccc(F)cc1. The summed E-state index contributed by atoms with van der Waals surface area (Å²) in [6.45, 7) is 0.227. The van der Waals surface area contributed by atoms with Gasteiger partial charge < -0.3 is 14.8 Å². The molecule has 34 heavy (non-hydrogen) atoms. The zero-order valence-corrected chi connectivity index (χ0v) is 18.6. The molecule has 170 valence electrons. The molecule has 1 amide bonds. The van der Waals surface area contributed by atoms with Gasteiger partial charge in [-0.05, 0) is 66.2 Å². The Balaban J connectivity index is 1.52. The average Bonchev–Trinajstić information content (AvgIpc) is 2.88. The van der Waals surface area contributed by atoms with Gasteiger partial charge in [0.15, 0.2) is 0 Å². The van der Waals surface area contributed by atoms with Crippen molar-refractivity contribution in [2.24, 2.45) is 0 Å². The van der Waals surface area contributed by atoms with E-state index in [0.717, 1.165) is 22.5 Å². The number of benzene rings is 4. The normalized spacial score (nSPS) is 14.8. The Morgan fingerprint density at radius 3 is 2.41 bits per heavy atom. The molecular weight excluding hydrogens is 431 g/mol. The minimum Gasteiger partial charge on any atom is -0.496 e. The predicted molar refractivity (Wildman–Crippen MR) is 130 cm³/mol. The van der Waals surface area contributed by atoms with Crippen LogP contribution < -0.4 is 19.7 Å². The minimum absolute atomic E-state index is 0.0783. The van der Waals surface area contributed by atoms with Crippen LogP contribution in [0.2, 0.25) is 0 Å². The summed E-state index contributed by atoms with van der Waals surface area (Å²) < 4.78 is 24.6.